The van der Waals surface area contributed by atoms with Crippen LogP contribution in [0.5, 0.6) is 0 Å². The summed E-state index contributed by atoms with van der Waals surface area (Å²) in [4.78, 5) is 8.08. The van der Waals surface area contributed by atoms with Crippen molar-refractivity contribution in [1.29, 1.82) is 0 Å². The lowest BCUT2D eigenvalue weighted by Gasteiger charge is -2.39. The molecule has 0 saturated carbocycles. The van der Waals surface area contributed by atoms with Gasteiger partial charge in [0, 0.05) is 71.4 Å². The second-order valence-corrected chi connectivity index (χ2v) is 20.4. The highest BCUT2D eigenvalue weighted by Crippen LogP contribution is 2.46. The number of hydrogen-bond donors (Lipinski definition) is 1. The van der Waals surface area contributed by atoms with Gasteiger partial charge in [-0.15, -0.1) is 0 Å². The predicted octanol–water partition coefficient (Wildman–Crippen LogP) is 16.8. The van der Waals surface area contributed by atoms with E-state index in [9.17, 15) is 0 Å². The molecule has 0 fully saturated rings. The van der Waals surface area contributed by atoms with Crippen LogP contribution in [0.2, 0.25) is 0 Å². The van der Waals surface area contributed by atoms with Crippen LogP contribution in [0.25, 0.3) is 110 Å². The van der Waals surface area contributed by atoms with Crippen molar-refractivity contribution in [3.63, 3.8) is 0 Å². The smallest absolute Gasteiger partial charge is 0.132 e. The molecule has 16 rings (SSSR count). The lowest BCUT2D eigenvalue weighted by Crippen LogP contribution is -2.46. The van der Waals surface area contributed by atoms with Crippen molar-refractivity contribution in [3.8, 4) is 22.7 Å². The number of para-hydroxylation sites is 6. The van der Waals surface area contributed by atoms with Gasteiger partial charge in [-0.3, -0.25) is 4.90 Å². The van der Waals surface area contributed by atoms with Crippen LogP contribution in [0.4, 0.5) is 0 Å². The van der Waals surface area contributed by atoms with E-state index < -0.39 is 0 Å². The topological polar surface area (TPSA) is 47.4 Å². The van der Waals surface area contributed by atoms with E-state index >= 15 is 0 Å². The average molecular weight is 988 g/mol. The highest BCUT2D eigenvalue weighted by molar-refractivity contribution is 6.27. The highest BCUT2D eigenvalue weighted by atomic mass is 15.4. The van der Waals surface area contributed by atoms with Crippen LogP contribution in [0.1, 0.15) is 29.0 Å². The molecule has 2 unspecified atom stereocenters. The summed E-state index contributed by atoms with van der Waals surface area (Å²) in [7, 11) is 2.20. The second kappa shape index (κ2) is 17.0. The molecule has 364 valence electrons. The Morgan fingerprint density at radius 3 is 1.21 bits per heavy atom. The van der Waals surface area contributed by atoms with Crippen molar-refractivity contribution in [2.24, 2.45) is 4.99 Å². The standard InChI is InChI=1S/C70H49N7/c1-73-69(46-24-8-3-9-25-46)71-68(45-22-6-2-7-23-45)72-70(73)47-42-50(74-60-36-20-16-32-56(60)64-62(74)40-38-54-52-30-14-18-34-58(52)76(66(54)64)48-26-10-4-11-27-48)44-51(43-47)75-61-37-21-17-33-57(61)65-63(75)41-39-55-53-31-15-19-35-59(53)77(67(55)65)49-28-12-5-13-29-49/h2-44,69-70H,1H3,(H,71,72). The van der Waals surface area contributed by atoms with Crippen LogP contribution >= 0.6 is 0 Å². The van der Waals surface area contributed by atoms with E-state index in [1.807, 2.05) is 0 Å². The summed E-state index contributed by atoms with van der Waals surface area (Å²) >= 11 is 0. The minimum Gasteiger partial charge on any atom is -0.350 e. The summed E-state index contributed by atoms with van der Waals surface area (Å²) in [6.07, 6.45) is -0.542. The zero-order valence-electron chi connectivity index (χ0n) is 42.2. The molecule has 0 radical (unpaired) electrons. The van der Waals surface area contributed by atoms with Crippen molar-refractivity contribution in [1.82, 2.24) is 28.5 Å². The van der Waals surface area contributed by atoms with Crippen LogP contribution in [-0.4, -0.2) is 36.1 Å². The Balaban J connectivity index is 1.03. The third-order valence-corrected chi connectivity index (χ3v) is 16.2. The Hall–Kier alpha value is -9.95. The molecule has 77 heavy (non-hydrogen) atoms. The monoisotopic (exact) mass is 987 g/mol. The zero-order chi connectivity index (χ0) is 50.7. The number of benzene rings is 11. The molecule has 2 atom stereocenters. The minimum absolute atomic E-state index is 0.163. The van der Waals surface area contributed by atoms with Crippen LogP contribution in [0.15, 0.2) is 266 Å². The highest BCUT2D eigenvalue weighted by Gasteiger charge is 2.33. The average Bonchev–Trinajstić information content (AvgIpc) is 4.35. The number of rotatable bonds is 7. The molecule has 11 aromatic carbocycles. The third-order valence-electron chi connectivity index (χ3n) is 16.2. The molecule has 0 aliphatic carbocycles. The second-order valence-electron chi connectivity index (χ2n) is 20.4. The van der Waals surface area contributed by atoms with Gasteiger partial charge in [-0.2, -0.15) is 0 Å². The number of nitrogens with one attached hydrogen (secondary N) is 1. The summed E-state index contributed by atoms with van der Waals surface area (Å²) in [5, 5.41) is 13.6. The Morgan fingerprint density at radius 2 is 0.727 bits per heavy atom. The molecular formula is C70H49N7. The van der Waals surface area contributed by atoms with Crippen molar-refractivity contribution in [2.75, 3.05) is 7.05 Å². The van der Waals surface area contributed by atoms with Gasteiger partial charge < -0.3 is 23.6 Å². The minimum atomic E-state index is -0.379. The maximum Gasteiger partial charge on any atom is 0.132 e. The van der Waals surface area contributed by atoms with E-state index in [0.29, 0.717) is 0 Å². The molecule has 4 aromatic heterocycles. The largest absolute Gasteiger partial charge is 0.350 e. The summed E-state index contributed by atoms with van der Waals surface area (Å²) in [5.74, 6) is 0.857. The van der Waals surface area contributed by atoms with Gasteiger partial charge >= 0.3 is 0 Å². The fourth-order valence-corrected chi connectivity index (χ4v) is 12.9. The van der Waals surface area contributed by atoms with Crippen molar-refractivity contribution in [2.45, 2.75) is 12.3 Å². The van der Waals surface area contributed by atoms with Gasteiger partial charge in [0.2, 0.25) is 0 Å². The van der Waals surface area contributed by atoms with Crippen LogP contribution in [0.3, 0.4) is 0 Å². The lowest BCUT2D eigenvalue weighted by molar-refractivity contribution is 0.152. The summed E-state index contributed by atoms with van der Waals surface area (Å²) in [6, 6.07) is 95.1. The Morgan fingerprint density at radius 1 is 0.325 bits per heavy atom. The number of aliphatic imine (C=N–C) groups is 1. The first-order chi connectivity index (χ1) is 38.2. The van der Waals surface area contributed by atoms with Crippen LogP contribution < -0.4 is 5.32 Å². The molecule has 1 N–H and O–H groups in total. The molecule has 0 bridgehead atoms. The fourth-order valence-electron chi connectivity index (χ4n) is 12.9. The summed E-state index contributed by atoms with van der Waals surface area (Å²) in [5.41, 5.74) is 16.9. The molecule has 0 saturated heterocycles. The molecule has 7 heteroatoms. The van der Waals surface area contributed by atoms with Crippen molar-refractivity contribution in [3.05, 3.63) is 278 Å². The SMILES string of the molecule is CN1C(c2cc(-n3c4ccccc4c4c3ccc3c5ccccc5n(-c5ccccc5)c34)cc(-n3c4ccccc4c4c3ccc3c5ccccc5n(-c5ccccc5)c34)c2)N=C(c2ccccc2)NC1c1ccccc1. The number of nitrogens with zero attached hydrogens (tertiary/aromatic N) is 6. The van der Waals surface area contributed by atoms with E-state index in [4.69, 9.17) is 4.99 Å². The first kappa shape index (κ1) is 43.4. The molecule has 1 aliphatic rings. The van der Waals surface area contributed by atoms with E-state index in [2.05, 4.69) is 296 Å². The summed E-state index contributed by atoms with van der Waals surface area (Å²) < 4.78 is 9.93. The van der Waals surface area contributed by atoms with Gasteiger partial charge in [0.15, 0.2) is 0 Å². The number of fused-ring (bicyclic) bond motifs is 14. The first-order valence-electron chi connectivity index (χ1n) is 26.5. The Labute approximate surface area is 444 Å². The lowest BCUT2D eigenvalue weighted by atomic mass is 10.0. The molecule has 7 nitrogen and oxygen atoms in total. The van der Waals surface area contributed by atoms with Crippen LogP contribution in [-0.2, 0) is 0 Å². The maximum atomic E-state index is 5.70. The van der Waals surface area contributed by atoms with Crippen molar-refractivity contribution >= 4 is 93.1 Å². The van der Waals surface area contributed by atoms with Gasteiger partial charge in [0.1, 0.15) is 18.2 Å². The molecule has 1 aliphatic heterocycles. The fraction of sp³-hybridized carbons (Fsp3) is 0.0429. The van der Waals surface area contributed by atoms with E-state index in [0.717, 1.165) is 61.8 Å². The van der Waals surface area contributed by atoms with Gasteiger partial charge in [0.25, 0.3) is 0 Å². The van der Waals surface area contributed by atoms with Gasteiger partial charge in [-0.1, -0.05) is 182 Å². The third kappa shape index (κ3) is 6.51. The molecular weight excluding hydrogens is 939 g/mol. The molecule has 0 amide bonds. The molecule has 5 heterocycles. The molecule has 0 spiro atoms. The maximum absolute atomic E-state index is 5.70. The van der Waals surface area contributed by atoms with Crippen molar-refractivity contribution < 1.29 is 0 Å². The Bertz CT molecular complexity index is 4600. The number of hydrogen-bond acceptors (Lipinski definition) is 3. The first-order valence-corrected chi connectivity index (χ1v) is 26.5. The van der Waals surface area contributed by atoms with E-state index in [1.54, 1.807) is 0 Å². The predicted molar refractivity (Wildman–Crippen MR) is 320 cm³/mol. The quantitative estimate of drug-likeness (QED) is 0.173. The van der Waals surface area contributed by atoms with Gasteiger partial charge in [0.05, 0.1) is 44.1 Å². The normalized spacial score (nSPS) is 15.2. The van der Waals surface area contributed by atoms with Crippen LogP contribution in [0, 0.1) is 0 Å². The zero-order valence-corrected chi connectivity index (χ0v) is 42.2. The van der Waals surface area contributed by atoms with Gasteiger partial charge in [-0.25, -0.2) is 4.99 Å². The van der Waals surface area contributed by atoms with E-state index in [-0.39, 0.29) is 12.3 Å². The number of aromatic nitrogens is 4. The van der Waals surface area contributed by atoms with Gasteiger partial charge in [-0.05, 0) is 97.0 Å². The van der Waals surface area contributed by atoms with E-state index in [1.165, 1.54) is 70.7 Å². The Kier molecular flexibility index (Phi) is 9.62. The number of amidine groups is 1. The molecule has 15 aromatic rings. The summed E-state index contributed by atoms with van der Waals surface area (Å²) in [6.45, 7) is 0.